The number of hydrogen-bond donors (Lipinski definition) is 2. The fourth-order valence-electron chi connectivity index (χ4n) is 2.00. The largest absolute Gasteiger partial charge is 0.449 e. The Hall–Kier alpha value is -2.41. The average molecular weight is 361 g/mol. The molecule has 1 aromatic heterocycles. The summed E-state index contributed by atoms with van der Waals surface area (Å²) in [6, 6.07) is 5.78. The standard InChI is InChI=1S/C18H23N3O3S/c1-11(2)9-24-18(23)21-17-20-15(10-25-17)8-16(22)19-14-6-5-12(3)13(4)7-14/h5-7,10-11H,8-9H2,1-4H3,(H,19,22)(H,20,21,23). The van der Waals surface area contributed by atoms with E-state index in [4.69, 9.17) is 4.74 Å². The number of carbonyl (C=O) groups excluding carboxylic acids is 2. The Labute approximate surface area is 151 Å². The van der Waals surface area contributed by atoms with Crippen molar-refractivity contribution in [3.63, 3.8) is 0 Å². The molecule has 0 aliphatic heterocycles. The molecule has 0 atom stereocenters. The molecular weight excluding hydrogens is 338 g/mol. The Balaban J connectivity index is 1.86. The minimum absolute atomic E-state index is 0.145. The highest BCUT2D eigenvalue weighted by molar-refractivity contribution is 7.13. The third kappa shape index (κ3) is 6.19. The van der Waals surface area contributed by atoms with Crippen LogP contribution in [0, 0.1) is 19.8 Å². The van der Waals surface area contributed by atoms with E-state index in [1.54, 1.807) is 5.38 Å². The molecule has 0 saturated carbocycles. The van der Waals surface area contributed by atoms with E-state index in [0.717, 1.165) is 11.3 Å². The van der Waals surface area contributed by atoms with Gasteiger partial charge in [0.25, 0.3) is 0 Å². The van der Waals surface area contributed by atoms with E-state index in [1.165, 1.54) is 16.9 Å². The quantitative estimate of drug-likeness (QED) is 0.810. The van der Waals surface area contributed by atoms with Crippen LogP contribution in [0.4, 0.5) is 15.6 Å². The lowest BCUT2D eigenvalue weighted by atomic mass is 10.1. The molecular formula is C18H23N3O3S. The monoisotopic (exact) mass is 361 g/mol. The maximum Gasteiger partial charge on any atom is 0.413 e. The Morgan fingerprint density at radius 3 is 2.64 bits per heavy atom. The number of benzene rings is 1. The van der Waals surface area contributed by atoms with Crippen LogP contribution in [-0.4, -0.2) is 23.6 Å². The molecule has 2 N–H and O–H groups in total. The third-order valence-corrected chi connectivity index (χ3v) is 4.25. The van der Waals surface area contributed by atoms with Crippen molar-refractivity contribution in [2.45, 2.75) is 34.1 Å². The fraction of sp³-hybridized carbons (Fsp3) is 0.389. The van der Waals surface area contributed by atoms with Gasteiger partial charge in [-0.3, -0.25) is 10.1 Å². The molecule has 134 valence electrons. The second-order valence-electron chi connectivity index (χ2n) is 6.29. The number of hydrogen-bond acceptors (Lipinski definition) is 5. The van der Waals surface area contributed by atoms with E-state index in [2.05, 4.69) is 15.6 Å². The maximum atomic E-state index is 12.1. The molecule has 0 bridgehead atoms. The van der Waals surface area contributed by atoms with Crippen LogP contribution < -0.4 is 10.6 Å². The number of nitrogens with one attached hydrogen (secondary N) is 2. The molecule has 0 radical (unpaired) electrons. The summed E-state index contributed by atoms with van der Waals surface area (Å²) in [6.45, 7) is 8.30. The highest BCUT2D eigenvalue weighted by Gasteiger charge is 2.11. The van der Waals surface area contributed by atoms with Crippen molar-refractivity contribution >= 4 is 34.2 Å². The Kier molecular flexibility index (Phi) is 6.52. The summed E-state index contributed by atoms with van der Waals surface area (Å²) >= 11 is 1.26. The highest BCUT2D eigenvalue weighted by Crippen LogP contribution is 2.18. The number of ether oxygens (including phenoxy) is 1. The van der Waals surface area contributed by atoms with E-state index in [1.807, 2.05) is 45.9 Å². The van der Waals surface area contributed by atoms with Gasteiger partial charge in [0.05, 0.1) is 18.7 Å². The first-order chi connectivity index (χ1) is 11.8. The smallest absolute Gasteiger partial charge is 0.413 e. The van der Waals surface area contributed by atoms with Gasteiger partial charge in [0, 0.05) is 11.1 Å². The molecule has 2 amide bonds. The molecule has 0 aliphatic rings. The first-order valence-corrected chi connectivity index (χ1v) is 8.96. The van der Waals surface area contributed by atoms with Gasteiger partial charge in [-0.2, -0.15) is 0 Å². The number of anilines is 2. The number of rotatable bonds is 6. The minimum atomic E-state index is -0.533. The zero-order valence-electron chi connectivity index (χ0n) is 14.9. The SMILES string of the molecule is Cc1ccc(NC(=O)Cc2csc(NC(=O)OCC(C)C)n2)cc1C. The molecule has 0 fully saturated rings. The van der Waals surface area contributed by atoms with Crippen molar-refractivity contribution in [2.24, 2.45) is 5.92 Å². The molecule has 25 heavy (non-hydrogen) atoms. The lowest BCUT2D eigenvalue weighted by Crippen LogP contribution is -2.17. The van der Waals surface area contributed by atoms with Gasteiger partial charge >= 0.3 is 6.09 Å². The molecule has 6 nitrogen and oxygen atoms in total. The van der Waals surface area contributed by atoms with Gasteiger partial charge in [-0.05, 0) is 43.0 Å². The summed E-state index contributed by atoms with van der Waals surface area (Å²) in [5, 5.41) is 7.59. The molecule has 1 heterocycles. The van der Waals surface area contributed by atoms with Crippen LogP contribution in [0.2, 0.25) is 0 Å². The molecule has 1 aromatic carbocycles. The zero-order chi connectivity index (χ0) is 18.4. The molecule has 2 rings (SSSR count). The maximum absolute atomic E-state index is 12.1. The van der Waals surface area contributed by atoms with E-state index >= 15 is 0 Å². The van der Waals surface area contributed by atoms with Crippen LogP contribution in [-0.2, 0) is 16.0 Å². The average Bonchev–Trinajstić information content (AvgIpc) is 2.95. The zero-order valence-corrected chi connectivity index (χ0v) is 15.7. The van der Waals surface area contributed by atoms with E-state index in [0.29, 0.717) is 17.4 Å². The normalized spacial score (nSPS) is 10.6. The fourth-order valence-corrected chi connectivity index (χ4v) is 2.70. The summed E-state index contributed by atoms with van der Waals surface area (Å²) in [4.78, 5) is 28.0. The van der Waals surface area contributed by atoms with Crippen LogP contribution in [0.1, 0.15) is 30.7 Å². The summed E-state index contributed by atoms with van der Waals surface area (Å²) in [6.07, 6.45) is -0.388. The summed E-state index contributed by atoms with van der Waals surface area (Å²) in [5.41, 5.74) is 3.67. The van der Waals surface area contributed by atoms with Crippen molar-refractivity contribution in [3.05, 3.63) is 40.4 Å². The van der Waals surface area contributed by atoms with Gasteiger partial charge in [0.1, 0.15) is 0 Å². The van der Waals surface area contributed by atoms with Crippen molar-refractivity contribution in [1.82, 2.24) is 4.98 Å². The Morgan fingerprint density at radius 2 is 1.96 bits per heavy atom. The van der Waals surface area contributed by atoms with Crippen LogP contribution in [0.3, 0.4) is 0 Å². The summed E-state index contributed by atoms with van der Waals surface area (Å²) < 4.78 is 5.03. The van der Waals surface area contributed by atoms with Gasteiger partial charge in [-0.15, -0.1) is 11.3 Å². The lowest BCUT2D eigenvalue weighted by molar-refractivity contribution is -0.115. The Bertz CT molecular complexity index is 756. The molecule has 2 aromatic rings. The van der Waals surface area contributed by atoms with Crippen LogP contribution in [0.25, 0.3) is 0 Å². The Morgan fingerprint density at radius 1 is 1.20 bits per heavy atom. The van der Waals surface area contributed by atoms with Gasteiger partial charge < -0.3 is 10.1 Å². The predicted molar refractivity (Wildman–Crippen MR) is 100 cm³/mol. The number of thiazole rings is 1. The van der Waals surface area contributed by atoms with Crippen LogP contribution >= 0.6 is 11.3 Å². The first-order valence-electron chi connectivity index (χ1n) is 8.08. The van der Waals surface area contributed by atoms with Gasteiger partial charge in [0.2, 0.25) is 5.91 Å². The molecule has 0 saturated heterocycles. The van der Waals surface area contributed by atoms with Crippen molar-refractivity contribution in [2.75, 3.05) is 17.2 Å². The number of aromatic nitrogens is 1. The summed E-state index contributed by atoms with van der Waals surface area (Å²) in [5.74, 6) is 0.120. The van der Waals surface area contributed by atoms with Gasteiger partial charge in [-0.25, -0.2) is 9.78 Å². The number of amides is 2. The molecule has 7 heteroatoms. The number of nitrogens with zero attached hydrogens (tertiary/aromatic N) is 1. The second-order valence-corrected chi connectivity index (χ2v) is 7.14. The molecule has 0 unspecified atom stereocenters. The first kappa shape index (κ1) is 18.9. The number of aryl methyl sites for hydroxylation is 2. The van der Waals surface area contributed by atoms with Crippen LogP contribution in [0.15, 0.2) is 23.6 Å². The van der Waals surface area contributed by atoms with E-state index in [-0.39, 0.29) is 18.2 Å². The van der Waals surface area contributed by atoms with Crippen molar-refractivity contribution in [1.29, 1.82) is 0 Å². The summed E-state index contributed by atoms with van der Waals surface area (Å²) in [7, 11) is 0. The highest BCUT2D eigenvalue weighted by atomic mass is 32.1. The topological polar surface area (TPSA) is 80.3 Å². The minimum Gasteiger partial charge on any atom is -0.449 e. The van der Waals surface area contributed by atoms with Crippen LogP contribution in [0.5, 0.6) is 0 Å². The van der Waals surface area contributed by atoms with Crippen molar-refractivity contribution in [3.8, 4) is 0 Å². The van der Waals surface area contributed by atoms with Crippen molar-refractivity contribution < 1.29 is 14.3 Å². The second kappa shape index (κ2) is 8.62. The molecule has 0 aliphatic carbocycles. The third-order valence-electron chi connectivity index (χ3n) is 3.44. The van der Waals surface area contributed by atoms with E-state index in [9.17, 15) is 9.59 Å². The van der Waals surface area contributed by atoms with Gasteiger partial charge in [0.15, 0.2) is 5.13 Å². The molecule has 0 spiro atoms. The van der Waals surface area contributed by atoms with Gasteiger partial charge in [-0.1, -0.05) is 19.9 Å². The van der Waals surface area contributed by atoms with E-state index < -0.39 is 6.09 Å². The number of carbonyl (C=O) groups is 2. The lowest BCUT2D eigenvalue weighted by Gasteiger charge is -2.07. The predicted octanol–water partition coefficient (Wildman–Crippen LogP) is 4.15.